The molecule has 1 aliphatic heterocycles. The van der Waals surface area contributed by atoms with Crippen LogP contribution >= 0.6 is 27.3 Å². The Labute approximate surface area is 216 Å². The highest BCUT2D eigenvalue weighted by Gasteiger charge is 2.36. The zero-order chi connectivity index (χ0) is 25.1. The summed E-state index contributed by atoms with van der Waals surface area (Å²) in [4.78, 5) is 32.4. The highest BCUT2D eigenvalue weighted by atomic mass is 79.9. The Kier molecular flexibility index (Phi) is 7.72. The van der Waals surface area contributed by atoms with E-state index in [0.717, 1.165) is 22.0 Å². The van der Waals surface area contributed by atoms with Crippen LogP contribution in [0.5, 0.6) is 5.75 Å². The van der Waals surface area contributed by atoms with Crippen molar-refractivity contribution in [1.29, 1.82) is 0 Å². The molecular formula is C27H27BrN2O4S. The van der Waals surface area contributed by atoms with Crippen molar-refractivity contribution in [1.82, 2.24) is 4.57 Å². The second-order valence-electron chi connectivity index (χ2n) is 8.21. The van der Waals surface area contributed by atoms with E-state index < -0.39 is 12.0 Å². The molecule has 0 unspecified atom stereocenters. The van der Waals surface area contributed by atoms with Crippen LogP contribution in [0.3, 0.4) is 0 Å². The lowest BCUT2D eigenvalue weighted by atomic mass is 9.93. The average Bonchev–Trinajstić information content (AvgIpc) is 3.14. The van der Waals surface area contributed by atoms with Crippen LogP contribution in [0.4, 0.5) is 0 Å². The topological polar surface area (TPSA) is 69.9 Å². The molecular weight excluding hydrogens is 528 g/mol. The van der Waals surface area contributed by atoms with Gasteiger partial charge in [-0.1, -0.05) is 70.4 Å². The molecule has 4 rings (SSSR count). The molecule has 0 N–H and O–H groups in total. The lowest BCUT2D eigenvalue weighted by Crippen LogP contribution is -2.40. The smallest absolute Gasteiger partial charge is 0.338 e. The summed E-state index contributed by atoms with van der Waals surface area (Å²) in [5, 5.41) is 0. The molecule has 0 saturated carbocycles. The Morgan fingerprint density at radius 3 is 2.60 bits per heavy atom. The van der Waals surface area contributed by atoms with Gasteiger partial charge in [0.2, 0.25) is 0 Å². The molecule has 35 heavy (non-hydrogen) atoms. The summed E-state index contributed by atoms with van der Waals surface area (Å²) in [6, 6.07) is 12.8. The molecule has 2 aromatic carbocycles. The number of halogens is 1. The number of esters is 1. The number of methoxy groups -OCH3 is 1. The number of rotatable bonds is 7. The van der Waals surface area contributed by atoms with Crippen LogP contribution in [-0.2, 0) is 9.53 Å². The predicted molar refractivity (Wildman–Crippen MR) is 142 cm³/mol. The van der Waals surface area contributed by atoms with Crippen molar-refractivity contribution in [3.05, 3.63) is 94.6 Å². The van der Waals surface area contributed by atoms with Gasteiger partial charge in [0.15, 0.2) is 4.80 Å². The fourth-order valence-corrected chi connectivity index (χ4v) is 5.55. The first kappa shape index (κ1) is 25.1. The Hall–Kier alpha value is -2.97. The van der Waals surface area contributed by atoms with Gasteiger partial charge in [-0.3, -0.25) is 9.36 Å². The van der Waals surface area contributed by atoms with Gasteiger partial charge in [0, 0.05) is 10.0 Å². The van der Waals surface area contributed by atoms with Crippen LogP contribution in [0.25, 0.3) is 6.08 Å². The quantitative estimate of drug-likeness (QED) is 0.398. The number of fused-ring (bicyclic) bond motifs is 1. The molecule has 0 fully saturated rings. The first-order valence-electron chi connectivity index (χ1n) is 11.5. The maximum atomic E-state index is 13.8. The highest BCUT2D eigenvalue weighted by molar-refractivity contribution is 9.10. The third-order valence-electron chi connectivity index (χ3n) is 5.75. The van der Waals surface area contributed by atoms with Gasteiger partial charge in [-0.15, -0.1) is 0 Å². The first-order chi connectivity index (χ1) is 16.9. The van der Waals surface area contributed by atoms with E-state index in [1.54, 1.807) is 18.6 Å². The van der Waals surface area contributed by atoms with Gasteiger partial charge in [-0.2, -0.15) is 0 Å². The van der Waals surface area contributed by atoms with Crippen molar-refractivity contribution in [3.63, 3.8) is 0 Å². The predicted octanol–water partition coefficient (Wildman–Crippen LogP) is 4.66. The third kappa shape index (κ3) is 5.04. The monoisotopic (exact) mass is 554 g/mol. The molecule has 2 heterocycles. The summed E-state index contributed by atoms with van der Waals surface area (Å²) in [7, 11) is 1.58. The third-order valence-corrected chi connectivity index (χ3v) is 7.23. The molecule has 0 bridgehead atoms. The van der Waals surface area contributed by atoms with E-state index in [1.807, 2.05) is 62.4 Å². The molecule has 1 aromatic heterocycles. The Morgan fingerprint density at radius 1 is 1.20 bits per heavy atom. The van der Waals surface area contributed by atoms with Crippen LogP contribution in [0.2, 0.25) is 0 Å². The van der Waals surface area contributed by atoms with Crippen molar-refractivity contribution in [3.8, 4) is 5.75 Å². The number of aromatic nitrogens is 1. The number of carbonyl (C=O) groups excluding carboxylic acids is 1. The van der Waals surface area contributed by atoms with Crippen LogP contribution in [0.15, 0.2) is 68.0 Å². The zero-order valence-electron chi connectivity index (χ0n) is 20.1. The number of allylic oxidation sites excluding steroid dienone is 1. The van der Waals surface area contributed by atoms with Gasteiger partial charge >= 0.3 is 5.97 Å². The minimum Gasteiger partial charge on any atom is -0.496 e. The number of aryl methyl sites for hydroxylation is 1. The molecule has 0 radical (unpaired) electrons. The highest BCUT2D eigenvalue weighted by Crippen LogP contribution is 2.38. The van der Waals surface area contributed by atoms with Crippen molar-refractivity contribution >= 4 is 39.3 Å². The second kappa shape index (κ2) is 10.7. The minimum atomic E-state index is -0.723. The molecule has 1 atom stereocenters. The zero-order valence-corrected chi connectivity index (χ0v) is 22.5. The lowest BCUT2D eigenvalue weighted by molar-refractivity contribution is -0.139. The molecule has 3 aromatic rings. The molecule has 1 aliphatic rings. The standard InChI is InChI=1S/C27H27BrN2O4S/c1-5-7-20-23(26(32)34-6-2)24(19-15-18(28)12-13-21(19)33-4)30-25(31)22(35-27(30)29-20)14-17-10-8-16(3)9-11-17/h8-15,24H,5-7H2,1-4H3/b22-14+/t24-/m1/s1. The number of hydrogen-bond acceptors (Lipinski definition) is 6. The van der Waals surface area contributed by atoms with Crippen molar-refractivity contribution in [2.75, 3.05) is 13.7 Å². The number of nitrogens with zero attached hydrogens (tertiary/aromatic N) is 2. The van der Waals surface area contributed by atoms with Gasteiger partial charge in [-0.05, 0) is 50.1 Å². The molecule has 8 heteroatoms. The molecule has 0 saturated heterocycles. The van der Waals surface area contributed by atoms with E-state index in [2.05, 4.69) is 15.9 Å². The normalized spacial score (nSPS) is 15.6. The summed E-state index contributed by atoms with van der Waals surface area (Å²) in [5.74, 6) is 0.102. The Morgan fingerprint density at radius 2 is 1.94 bits per heavy atom. The van der Waals surface area contributed by atoms with Crippen molar-refractivity contribution < 1.29 is 14.3 Å². The number of benzene rings is 2. The van der Waals surface area contributed by atoms with Crippen molar-refractivity contribution in [2.24, 2.45) is 4.99 Å². The summed E-state index contributed by atoms with van der Waals surface area (Å²) in [6.45, 7) is 6.05. The molecule has 182 valence electrons. The summed E-state index contributed by atoms with van der Waals surface area (Å²) < 4.78 is 14.1. The maximum Gasteiger partial charge on any atom is 0.338 e. The minimum absolute atomic E-state index is 0.210. The van der Waals surface area contributed by atoms with Gasteiger partial charge in [0.25, 0.3) is 5.56 Å². The van der Waals surface area contributed by atoms with E-state index in [-0.39, 0.29) is 12.2 Å². The van der Waals surface area contributed by atoms with Crippen LogP contribution < -0.4 is 19.6 Å². The molecule has 6 nitrogen and oxygen atoms in total. The molecule has 0 aliphatic carbocycles. The second-order valence-corrected chi connectivity index (χ2v) is 10.1. The lowest BCUT2D eigenvalue weighted by Gasteiger charge is -2.27. The van der Waals surface area contributed by atoms with E-state index in [4.69, 9.17) is 14.5 Å². The van der Waals surface area contributed by atoms with E-state index in [1.165, 1.54) is 11.3 Å². The SMILES string of the molecule is CCCC1=C(C(=O)OCC)[C@@H](c2cc(Br)ccc2OC)n2c(s/c(=C/c3ccc(C)cc3)c2=O)=N1. The average molecular weight is 555 g/mol. The summed E-state index contributed by atoms with van der Waals surface area (Å²) in [6.07, 6.45) is 3.25. The van der Waals surface area contributed by atoms with Gasteiger partial charge in [0.05, 0.1) is 29.5 Å². The summed E-state index contributed by atoms with van der Waals surface area (Å²) in [5.41, 5.74) is 3.57. The number of carbonyl (C=O) groups is 1. The first-order valence-corrected chi connectivity index (χ1v) is 13.1. The van der Waals surface area contributed by atoms with E-state index in [9.17, 15) is 9.59 Å². The van der Waals surface area contributed by atoms with E-state index in [0.29, 0.717) is 38.3 Å². The van der Waals surface area contributed by atoms with Gasteiger partial charge in [0.1, 0.15) is 11.8 Å². The summed E-state index contributed by atoms with van der Waals surface area (Å²) >= 11 is 4.86. The van der Waals surface area contributed by atoms with Gasteiger partial charge in [-0.25, -0.2) is 9.79 Å². The van der Waals surface area contributed by atoms with Crippen LogP contribution in [0.1, 0.15) is 49.4 Å². The van der Waals surface area contributed by atoms with E-state index >= 15 is 0 Å². The molecule has 0 spiro atoms. The largest absolute Gasteiger partial charge is 0.496 e. The van der Waals surface area contributed by atoms with Crippen molar-refractivity contribution in [2.45, 2.75) is 39.7 Å². The van der Waals surface area contributed by atoms with Crippen LogP contribution in [0, 0.1) is 6.92 Å². The van der Waals surface area contributed by atoms with Gasteiger partial charge < -0.3 is 9.47 Å². The number of thiazole rings is 1. The fourth-order valence-electron chi connectivity index (χ4n) is 4.15. The Bertz CT molecular complexity index is 1470. The fraction of sp³-hybridized carbons (Fsp3) is 0.296. The number of hydrogen-bond donors (Lipinski definition) is 0. The Balaban J connectivity index is 2.04. The van der Waals surface area contributed by atoms with Crippen LogP contribution in [-0.4, -0.2) is 24.3 Å². The maximum absolute atomic E-state index is 13.8. The number of ether oxygens (including phenoxy) is 2. The molecule has 0 amide bonds.